The van der Waals surface area contributed by atoms with Gasteiger partial charge in [-0.15, -0.1) is 0 Å². The minimum absolute atomic E-state index is 0.0482. The van der Waals surface area contributed by atoms with Crippen LogP contribution in [-0.4, -0.2) is 75.1 Å². The predicted octanol–water partition coefficient (Wildman–Crippen LogP) is 2.21. The molecule has 2 aromatic rings. The summed E-state index contributed by atoms with van der Waals surface area (Å²) >= 11 is 0. The Bertz CT molecular complexity index is 886. The van der Waals surface area contributed by atoms with E-state index in [-0.39, 0.29) is 12.0 Å². The molecule has 0 bridgehead atoms. The van der Waals surface area contributed by atoms with Gasteiger partial charge in [0, 0.05) is 31.0 Å². The summed E-state index contributed by atoms with van der Waals surface area (Å²) < 4.78 is 28.1. The normalized spacial score (nSPS) is 24.7. The van der Waals surface area contributed by atoms with Crippen molar-refractivity contribution in [3.8, 4) is 17.2 Å². The fourth-order valence-corrected chi connectivity index (χ4v) is 4.21. The molecule has 2 fully saturated rings. The number of nitrogens with zero attached hydrogens (tertiary/aromatic N) is 1. The number of carbonyl (C=O) groups excluding carboxylic acids is 1. The number of nitrogens with one attached hydrogen (secondary N) is 1. The highest BCUT2D eigenvalue weighted by Crippen LogP contribution is 2.41. The molecule has 152 valence electrons. The number of amides is 1. The van der Waals surface area contributed by atoms with Gasteiger partial charge in [0.15, 0.2) is 11.5 Å². The summed E-state index contributed by atoms with van der Waals surface area (Å²) in [6, 6.07) is 3.56. The van der Waals surface area contributed by atoms with Gasteiger partial charge in [-0.25, -0.2) is 0 Å². The quantitative estimate of drug-likeness (QED) is 0.862. The summed E-state index contributed by atoms with van der Waals surface area (Å²) in [6.07, 6.45) is 0.750. The van der Waals surface area contributed by atoms with Crippen molar-refractivity contribution in [1.29, 1.82) is 0 Å². The number of methoxy groups -OCH3 is 3. The zero-order valence-electron chi connectivity index (χ0n) is 16.7. The third kappa shape index (κ3) is 3.06. The minimum Gasteiger partial charge on any atom is -0.496 e. The Morgan fingerprint density at radius 1 is 1.21 bits per heavy atom. The molecular formula is C20H26N2O6. The van der Waals surface area contributed by atoms with Crippen LogP contribution >= 0.6 is 0 Å². The maximum atomic E-state index is 13.3. The average molecular weight is 390 g/mol. The van der Waals surface area contributed by atoms with E-state index in [2.05, 4.69) is 4.98 Å². The van der Waals surface area contributed by atoms with Crippen LogP contribution in [0.1, 0.15) is 23.8 Å². The van der Waals surface area contributed by atoms with Crippen LogP contribution in [0.4, 0.5) is 0 Å². The monoisotopic (exact) mass is 390 g/mol. The Morgan fingerprint density at radius 3 is 2.64 bits per heavy atom. The van der Waals surface area contributed by atoms with E-state index in [9.17, 15) is 4.79 Å². The van der Waals surface area contributed by atoms with Crippen molar-refractivity contribution in [2.45, 2.75) is 25.0 Å². The largest absolute Gasteiger partial charge is 0.496 e. The smallest absolute Gasteiger partial charge is 0.270 e. The molecule has 2 saturated heterocycles. The third-order valence-electron chi connectivity index (χ3n) is 5.43. The number of aromatic amines is 1. The standard InChI is InChI=1S/C20H26N2O6/c1-12-9-22(10-20(28-12)5-6-27-11-20)19(23)14-7-13-15(24-2)8-16(25-3)18(26-4)17(13)21-14/h7-8,12,21H,5-6,9-11H2,1-4H3. The Kier molecular flexibility index (Phi) is 4.84. The molecule has 1 spiro atoms. The van der Waals surface area contributed by atoms with Crippen molar-refractivity contribution in [3.05, 3.63) is 17.8 Å². The van der Waals surface area contributed by atoms with Gasteiger partial charge in [0.05, 0.1) is 46.1 Å². The van der Waals surface area contributed by atoms with Crippen LogP contribution in [0.25, 0.3) is 10.9 Å². The number of morpholine rings is 1. The highest BCUT2D eigenvalue weighted by atomic mass is 16.6. The van der Waals surface area contributed by atoms with E-state index in [0.717, 1.165) is 11.8 Å². The Hall–Kier alpha value is -2.45. The minimum atomic E-state index is -0.405. The zero-order chi connectivity index (χ0) is 19.9. The van der Waals surface area contributed by atoms with Crippen LogP contribution in [-0.2, 0) is 9.47 Å². The van der Waals surface area contributed by atoms with Gasteiger partial charge in [0.1, 0.15) is 17.0 Å². The van der Waals surface area contributed by atoms with Gasteiger partial charge in [-0.1, -0.05) is 0 Å². The van der Waals surface area contributed by atoms with Gasteiger partial charge in [-0.2, -0.15) is 0 Å². The van der Waals surface area contributed by atoms with Gasteiger partial charge in [0.25, 0.3) is 5.91 Å². The Morgan fingerprint density at radius 2 is 2.00 bits per heavy atom. The van der Waals surface area contributed by atoms with Crippen molar-refractivity contribution in [2.24, 2.45) is 0 Å². The number of benzene rings is 1. The molecule has 0 saturated carbocycles. The van der Waals surface area contributed by atoms with Gasteiger partial charge < -0.3 is 33.6 Å². The molecule has 1 amide bonds. The number of fused-ring (bicyclic) bond motifs is 1. The SMILES string of the molecule is COc1cc(OC)c2cc(C(=O)N3CC(C)OC4(CCOC4)C3)[nH]c2c1OC. The van der Waals surface area contributed by atoms with E-state index in [1.54, 1.807) is 33.5 Å². The van der Waals surface area contributed by atoms with Gasteiger partial charge in [0.2, 0.25) is 0 Å². The number of ether oxygens (including phenoxy) is 5. The maximum absolute atomic E-state index is 13.3. The molecule has 8 nitrogen and oxygen atoms in total. The topological polar surface area (TPSA) is 82.3 Å². The van der Waals surface area contributed by atoms with Crippen molar-refractivity contribution >= 4 is 16.8 Å². The second-order valence-electron chi connectivity index (χ2n) is 7.39. The number of hydrogen-bond acceptors (Lipinski definition) is 6. The van der Waals surface area contributed by atoms with Crippen LogP contribution in [0.2, 0.25) is 0 Å². The number of H-pyrrole nitrogens is 1. The van der Waals surface area contributed by atoms with Gasteiger partial charge >= 0.3 is 0 Å². The number of hydrogen-bond donors (Lipinski definition) is 1. The summed E-state index contributed by atoms with van der Waals surface area (Å²) in [7, 11) is 4.72. The first kappa shape index (κ1) is 18.9. The third-order valence-corrected chi connectivity index (χ3v) is 5.43. The molecule has 2 unspecified atom stereocenters. The van der Waals surface area contributed by atoms with E-state index < -0.39 is 5.60 Å². The first-order valence-electron chi connectivity index (χ1n) is 9.37. The molecule has 1 aromatic heterocycles. The number of rotatable bonds is 4. The molecular weight excluding hydrogens is 364 g/mol. The van der Waals surface area contributed by atoms with E-state index in [4.69, 9.17) is 23.7 Å². The van der Waals surface area contributed by atoms with Crippen LogP contribution in [0, 0.1) is 0 Å². The lowest BCUT2D eigenvalue weighted by Crippen LogP contribution is -2.57. The van der Waals surface area contributed by atoms with E-state index in [0.29, 0.717) is 54.8 Å². The molecule has 2 aliphatic rings. The van der Waals surface area contributed by atoms with E-state index >= 15 is 0 Å². The molecule has 28 heavy (non-hydrogen) atoms. The molecule has 4 rings (SSSR count). The maximum Gasteiger partial charge on any atom is 0.270 e. The second kappa shape index (κ2) is 7.18. The second-order valence-corrected chi connectivity index (χ2v) is 7.39. The summed E-state index contributed by atoms with van der Waals surface area (Å²) in [6.45, 7) is 4.22. The van der Waals surface area contributed by atoms with Crippen LogP contribution in [0.3, 0.4) is 0 Å². The lowest BCUT2D eigenvalue weighted by atomic mass is 9.99. The fourth-order valence-electron chi connectivity index (χ4n) is 4.21. The highest BCUT2D eigenvalue weighted by Gasteiger charge is 2.44. The van der Waals surface area contributed by atoms with E-state index in [1.165, 1.54) is 0 Å². The molecule has 2 atom stereocenters. The van der Waals surface area contributed by atoms with Crippen LogP contribution < -0.4 is 14.2 Å². The fraction of sp³-hybridized carbons (Fsp3) is 0.550. The Balaban J connectivity index is 1.71. The van der Waals surface area contributed by atoms with Crippen LogP contribution in [0.15, 0.2) is 12.1 Å². The average Bonchev–Trinajstić information content (AvgIpc) is 3.32. The first-order chi connectivity index (χ1) is 13.5. The predicted molar refractivity (Wildman–Crippen MR) is 103 cm³/mol. The molecule has 1 N–H and O–H groups in total. The summed E-state index contributed by atoms with van der Waals surface area (Å²) in [4.78, 5) is 18.3. The molecule has 0 radical (unpaired) electrons. The first-order valence-corrected chi connectivity index (χ1v) is 9.37. The van der Waals surface area contributed by atoms with E-state index in [1.807, 2.05) is 11.8 Å². The summed E-state index contributed by atoms with van der Waals surface area (Å²) in [5, 5.41) is 0.767. The van der Waals surface area contributed by atoms with Crippen molar-refractivity contribution in [1.82, 2.24) is 9.88 Å². The highest BCUT2D eigenvalue weighted by molar-refractivity contribution is 6.02. The van der Waals surface area contributed by atoms with Crippen molar-refractivity contribution in [3.63, 3.8) is 0 Å². The van der Waals surface area contributed by atoms with Crippen molar-refractivity contribution < 1.29 is 28.5 Å². The molecule has 2 aliphatic heterocycles. The molecule has 3 heterocycles. The summed E-state index contributed by atoms with van der Waals surface area (Å²) in [5.41, 5.74) is 0.739. The number of aromatic nitrogens is 1. The lowest BCUT2D eigenvalue weighted by Gasteiger charge is -2.42. The van der Waals surface area contributed by atoms with Crippen LogP contribution in [0.5, 0.6) is 17.2 Å². The Labute approximate surface area is 163 Å². The van der Waals surface area contributed by atoms with Crippen molar-refractivity contribution in [2.75, 3.05) is 47.6 Å². The molecule has 1 aromatic carbocycles. The summed E-state index contributed by atoms with van der Waals surface area (Å²) in [5.74, 6) is 1.60. The lowest BCUT2D eigenvalue weighted by molar-refractivity contribution is -0.138. The molecule has 0 aliphatic carbocycles. The number of carbonyl (C=O) groups is 1. The molecule has 8 heteroatoms. The van der Waals surface area contributed by atoms with Gasteiger partial charge in [-0.3, -0.25) is 4.79 Å². The zero-order valence-corrected chi connectivity index (χ0v) is 16.7. The van der Waals surface area contributed by atoms with Gasteiger partial charge in [-0.05, 0) is 13.0 Å².